The highest BCUT2D eigenvalue weighted by Gasteiger charge is 2.51. The molecule has 3 heteroatoms. The van der Waals surface area contributed by atoms with Gasteiger partial charge in [-0.2, -0.15) is 0 Å². The summed E-state index contributed by atoms with van der Waals surface area (Å²) in [6, 6.07) is 69.5. The number of hydrogen-bond acceptors (Lipinski definition) is 3. The second-order valence-electron chi connectivity index (χ2n) is 14.8. The van der Waals surface area contributed by atoms with Crippen molar-refractivity contribution in [1.29, 1.82) is 0 Å². The van der Waals surface area contributed by atoms with Crippen LogP contribution >= 0.6 is 0 Å². The summed E-state index contributed by atoms with van der Waals surface area (Å²) >= 11 is 0. The Hall–Kier alpha value is -7.36. The molecule has 0 saturated carbocycles. The van der Waals surface area contributed by atoms with Gasteiger partial charge in [0.15, 0.2) is 5.82 Å². The fraction of sp³-hybridized carbons (Fsp3) is 0.0189. The fourth-order valence-electron chi connectivity index (χ4n) is 9.42. The molecule has 12 rings (SSSR count). The average Bonchev–Trinajstić information content (AvgIpc) is 3.56. The Bertz CT molecular complexity index is 3140. The minimum Gasteiger partial charge on any atom is -0.455 e. The number of aromatic nitrogens is 2. The van der Waals surface area contributed by atoms with Crippen LogP contribution in [0.3, 0.4) is 0 Å². The summed E-state index contributed by atoms with van der Waals surface area (Å²) in [5.74, 6) is 2.54. The maximum absolute atomic E-state index is 7.12. The number of nitrogens with zero attached hydrogens (tertiary/aromatic N) is 2. The zero-order valence-electron chi connectivity index (χ0n) is 30.3. The van der Waals surface area contributed by atoms with Gasteiger partial charge in [0.25, 0.3) is 0 Å². The molecule has 0 radical (unpaired) electrons. The van der Waals surface area contributed by atoms with Gasteiger partial charge in [-0.25, -0.2) is 9.97 Å². The van der Waals surface area contributed by atoms with Gasteiger partial charge in [-0.05, 0) is 56.3 Å². The molecule has 0 saturated heterocycles. The topological polar surface area (TPSA) is 35.0 Å². The summed E-state index contributed by atoms with van der Waals surface area (Å²) < 4.78 is 7.12. The summed E-state index contributed by atoms with van der Waals surface area (Å²) in [6.07, 6.45) is 0. The van der Waals surface area contributed by atoms with Crippen molar-refractivity contribution < 1.29 is 4.74 Å². The van der Waals surface area contributed by atoms with E-state index in [4.69, 9.17) is 14.7 Å². The van der Waals surface area contributed by atoms with Crippen LogP contribution in [0.1, 0.15) is 22.3 Å². The van der Waals surface area contributed by atoms with Crippen LogP contribution in [0, 0.1) is 0 Å². The Kier molecular flexibility index (Phi) is 6.55. The van der Waals surface area contributed by atoms with Gasteiger partial charge < -0.3 is 4.74 Å². The first-order valence-corrected chi connectivity index (χ1v) is 19.2. The second-order valence-corrected chi connectivity index (χ2v) is 14.8. The largest absolute Gasteiger partial charge is 0.455 e. The standard InChI is InChI=1S/C53H32N2O/c1-2-12-33(13-3-1)34-22-24-37(25-23-34)49-42-19-9-11-21-48(42)54-52(55-49)38-28-29-45-43(32-38)41-18-8-10-20-44(41)53(45)46-30-26-35-14-4-6-16-39(35)50(46)56-51-40-17-7-5-15-36(40)27-31-47(51)53/h1-32H. The number of hydrogen-bond donors (Lipinski definition) is 0. The normalized spacial score (nSPS) is 13.3. The van der Waals surface area contributed by atoms with E-state index in [1.165, 1.54) is 33.4 Å². The van der Waals surface area contributed by atoms with Crippen LogP contribution in [-0.4, -0.2) is 9.97 Å². The van der Waals surface area contributed by atoms with E-state index >= 15 is 0 Å². The van der Waals surface area contributed by atoms with Gasteiger partial charge in [0.05, 0.1) is 16.6 Å². The lowest BCUT2D eigenvalue weighted by molar-refractivity contribution is 0.447. The van der Waals surface area contributed by atoms with Crippen molar-refractivity contribution in [2.45, 2.75) is 5.41 Å². The zero-order valence-corrected chi connectivity index (χ0v) is 30.3. The van der Waals surface area contributed by atoms with Gasteiger partial charge >= 0.3 is 0 Å². The minimum absolute atomic E-state index is 0.600. The molecule has 0 unspecified atom stereocenters. The number of benzene rings is 9. The smallest absolute Gasteiger partial charge is 0.160 e. The van der Waals surface area contributed by atoms with E-state index in [2.05, 4.69) is 194 Å². The molecule has 1 aliphatic heterocycles. The monoisotopic (exact) mass is 712 g/mol. The lowest BCUT2D eigenvalue weighted by Gasteiger charge is -2.40. The van der Waals surface area contributed by atoms with Crippen molar-refractivity contribution in [3.05, 3.63) is 216 Å². The van der Waals surface area contributed by atoms with Crippen molar-refractivity contribution in [2.75, 3.05) is 0 Å². The summed E-state index contributed by atoms with van der Waals surface area (Å²) in [5, 5.41) is 5.57. The summed E-state index contributed by atoms with van der Waals surface area (Å²) in [5.41, 5.74) is 12.8. The first kappa shape index (κ1) is 31.0. The first-order valence-electron chi connectivity index (χ1n) is 19.2. The molecule has 1 aromatic heterocycles. The van der Waals surface area contributed by atoms with Crippen molar-refractivity contribution in [3.63, 3.8) is 0 Å². The van der Waals surface area contributed by atoms with Crippen LogP contribution in [0.15, 0.2) is 194 Å². The van der Waals surface area contributed by atoms with E-state index < -0.39 is 5.41 Å². The van der Waals surface area contributed by atoms with Crippen LogP contribution < -0.4 is 4.74 Å². The van der Waals surface area contributed by atoms with Crippen molar-refractivity contribution in [3.8, 4) is 56.4 Å². The third-order valence-corrected chi connectivity index (χ3v) is 11.9. The molecule has 1 aliphatic carbocycles. The van der Waals surface area contributed by atoms with Crippen LogP contribution in [-0.2, 0) is 5.41 Å². The van der Waals surface area contributed by atoms with Crippen molar-refractivity contribution in [2.24, 2.45) is 0 Å². The van der Waals surface area contributed by atoms with Crippen LogP contribution in [0.5, 0.6) is 11.5 Å². The van der Waals surface area contributed by atoms with Crippen molar-refractivity contribution >= 4 is 32.4 Å². The maximum Gasteiger partial charge on any atom is 0.160 e. The molecular formula is C53H32N2O. The van der Waals surface area contributed by atoms with Crippen LogP contribution in [0.25, 0.3) is 77.3 Å². The summed E-state index contributed by atoms with van der Waals surface area (Å²) in [4.78, 5) is 10.5. The number of ether oxygens (including phenoxy) is 1. The lowest BCUT2D eigenvalue weighted by atomic mass is 9.65. The average molecular weight is 713 g/mol. The van der Waals surface area contributed by atoms with Gasteiger partial charge in [-0.1, -0.05) is 182 Å². The maximum atomic E-state index is 7.12. The Morgan fingerprint density at radius 3 is 1.62 bits per heavy atom. The molecule has 0 N–H and O–H groups in total. The SMILES string of the molecule is c1ccc(-c2ccc(-c3nc(-c4ccc5c(c4)-c4ccccc4C54c5ccc6ccccc6c5Oc5c4ccc4ccccc54)nc4ccccc34)cc2)cc1. The van der Waals surface area contributed by atoms with Gasteiger partial charge in [0, 0.05) is 38.4 Å². The van der Waals surface area contributed by atoms with Gasteiger partial charge in [0.2, 0.25) is 0 Å². The van der Waals surface area contributed by atoms with Gasteiger partial charge in [0.1, 0.15) is 11.5 Å². The molecule has 0 amide bonds. The molecule has 0 atom stereocenters. The van der Waals surface area contributed by atoms with Crippen LogP contribution in [0.4, 0.5) is 0 Å². The summed E-state index contributed by atoms with van der Waals surface area (Å²) in [7, 11) is 0. The van der Waals surface area contributed by atoms with E-state index in [1.54, 1.807) is 0 Å². The molecule has 2 aliphatic rings. The van der Waals surface area contributed by atoms with Gasteiger partial charge in [-0.15, -0.1) is 0 Å². The molecule has 10 aromatic rings. The second kappa shape index (κ2) is 11.8. The molecule has 0 fully saturated rings. The first-order chi connectivity index (χ1) is 27.8. The molecular weight excluding hydrogens is 681 g/mol. The lowest BCUT2D eigenvalue weighted by Crippen LogP contribution is -2.32. The Morgan fingerprint density at radius 1 is 0.357 bits per heavy atom. The Morgan fingerprint density at radius 2 is 0.893 bits per heavy atom. The Balaban J connectivity index is 1.09. The zero-order chi connectivity index (χ0) is 36.8. The molecule has 260 valence electrons. The van der Waals surface area contributed by atoms with E-state index in [0.717, 1.165) is 71.9 Å². The molecule has 0 bridgehead atoms. The van der Waals surface area contributed by atoms with E-state index in [1.807, 2.05) is 0 Å². The van der Waals surface area contributed by atoms with Crippen molar-refractivity contribution in [1.82, 2.24) is 9.97 Å². The van der Waals surface area contributed by atoms with Crippen LogP contribution in [0.2, 0.25) is 0 Å². The summed E-state index contributed by atoms with van der Waals surface area (Å²) in [6.45, 7) is 0. The highest BCUT2D eigenvalue weighted by atomic mass is 16.5. The predicted octanol–water partition coefficient (Wildman–Crippen LogP) is 13.4. The highest BCUT2D eigenvalue weighted by Crippen LogP contribution is 2.64. The number of para-hydroxylation sites is 1. The fourth-order valence-corrected chi connectivity index (χ4v) is 9.42. The van der Waals surface area contributed by atoms with Gasteiger partial charge in [-0.3, -0.25) is 0 Å². The van der Waals surface area contributed by atoms with E-state index in [9.17, 15) is 0 Å². The minimum atomic E-state index is -0.600. The molecule has 56 heavy (non-hydrogen) atoms. The third kappa shape index (κ3) is 4.34. The molecule has 3 nitrogen and oxygen atoms in total. The quantitative estimate of drug-likeness (QED) is 0.183. The third-order valence-electron chi connectivity index (χ3n) is 11.9. The number of fused-ring (bicyclic) bond motifs is 14. The van der Waals surface area contributed by atoms with E-state index in [0.29, 0.717) is 5.82 Å². The molecule has 2 heterocycles. The number of rotatable bonds is 3. The molecule has 9 aromatic carbocycles. The molecule has 1 spiro atoms. The van der Waals surface area contributed by atoms with E-state index in [-0.39, 0.29) is 0 Å². The predicted molar refractivity (Wildman–Crippen MR) is 228 cm³/mol. The Labute approximate surface area is 324 Å². The highest BCUT2D eigenvalue weighted by molar-refractivity contribution is 6.00.